The minimum absolute atomic E-state index is 0.237. The molecular formula is C23H31N3O4. The first-order valence-electron chi connectivity index (χ1n) is 10.9. The number of nitrogens with zero attached hydrogens (tertiary/aromatic N) is 1. The number of benzene rings is 1. The molecule has 1 unspecified atom stereocenters. The lowest BCUT2D eigenvalue weighted by Gasteiger charge is -2.24. The average molecular weight is 414 g/mol. The second-order valence-corrected chi connectivity index (χ2v) is 7.59. The summed E-state index contributed by atoms with van der Waals surface area (Å²) in [6.07, 6.45) is 7.08. The van der Waals surface area contributed by atoms with Gasteiger partial charge >= 0.3 is 0 Å². The van der Waals surface area contributed by atoms with Crippen LogP contribution in [0.25, 0.3) is 0 Å². The van der Waals surface area contributed by atoms with Crippen LogP contribution >= 0.6 is 0 Å². The van der Waals surface area contributed by atoms with E-state index in [1.165, 1.54) is 6.42 Å². The summed E-state index contributed by atoms with van der Waals surface area (Å²) in [4.78, 5) is 4.81. The molecule has 0 radical (unpaired) electrons. The molecule has 2 N–H and O–H groups in total. The third-order valence-corrected chi connectivity index (χ3v) is 5.28. The van der Waals surface area contributed by atoms with Gasteiger partial charge in [0.25, 0.3) is 0 Å². The van der Waals surface area contributed by atoms with Gasteiger partial charge in [-0.3, -0.25) is 0 Å². The molecule has 162 valence electrons. The van der Waals surface area contributed by atoms with Crippen LogP contribution in [0.2, 0.25) is 0 Å². The van der Waals surface area contributed by atoms with E-state index < -0.39 is 0 Å². The molecule has 0 spiro atoms. The maximum absolute atomic E-state index is 5.93. The molecule has 3 heterocycles. The summed E-state index contributed by atoms with van der Waals surface area (Å²) >= 11 is 0. The molecule has 1 atom stereocenters. The molecular weight excluding hydrogens is 382 g/mol. The van der Waals surface area contributed by atoms with E-state index in [4.69, 9.17) is 23.6 Å². The fraction of sp³-hybridized carbons (Fsp3) is 0.522. The number of nitrogens with one attached hydrogen (secondary N) is 2. The topological polar surface area (TPSA) is 77.3 Å². The van der Waals surface area contributed by atoms with E-state index in [0.29, 0.717) is 19.8 Å². The van der Waals surface area contributed by atoms with Crippen LogP contribution in [0.15, 0.2) is 46.0 Å². The Hall–Kier alpha value is -2.67. The summed E-state index contributed by atoms with van der Waals surface area (Å²) in [7, 11) is 0. The number of fused-ring (bicyclic) bond motifs is 1. The number of aliphatic imine (C=N–C) groups is 1. The summed E-state index contributed by atoms with van der Waals surface area (Å²) < 4.78 is 23.0. The zero-order valence-electron chi connectivity index (χ0n) is 17.4. The zero-order valence-corrected chi connectivity index (χ0v) is 17.4. The minimum atomic E-state index is 0.237. The molecule has 2 aliphatic rings. The molecule has 0 amide bonds. The van der Waals surface area contributed by atoms with Crippen LogP contribution in [0.5, 0.6) is 11.5 Å². The van der Waals surface area contributed by atoms with Crippen LogP contribution in [0.3, 0.4) is 0 Å². The van der Waals surface area contributed by atoms with Crippen LogP contribution in [0.1, 0.15) is 37.0 Å². The quantitative estimate of drug-likeness (QED) is 0.536. The molecule has 7 nitrogen and oxygen atoms in total. The summed E-state index contributed by atoms with van der Waals surface area (Å²) in [5.41, 5.74) is 1.02. The number of guanidine groups is 1. The molecule has 30 heavy (non-hydrogen) atoms. The number of hydrogen-bond acceptors (Lipinski definition) is 5. The average Bonchev–Trinajstić information content (AvgIpc) is 3.18. The zero-order chi connectivity index (χ0) is 20.4. The number of furan rings is 1. The third kappa shape index (κ3) is 5.92. The molecule has 1 aromatic carbocycles. The van der Waals surface area contributed by atoms with Crippen molar-refractivity contribution in [1.82, 2.24) is 10.6 Å². The largest absolute Gasteiger partial charge is 0.490 e. The van der Waals surface area contributed by atoms with E-state index >= 15 is 0 Å². The van der Waals surface area contributed by atoms with Crippen LogP contribution in [-0.2, 0) is 17.7 Å². The van der Waals surface area contributed by atoms with E-state index in [9.17, 15) is 0 Å². The molecule has 1 fully saturated rings. The molecule has 0 saturated carbocycles. The Morgan fingerprint density at radius 3 is 2.83 bits per heavy atom. The van der Waals surface area contributed by atoms with E-state index in [0.717, 1.165) is 74.2 Å². The predicted octanol–water partition coefficient (Wildman–Crippen LogP) is 3.29. The maximum atomic E-state index is 5.93. The maximum Gasteiger partial charge on any atom is 0.191 e. The number of para-hydroxylation sites is 1. The molecule has 7 heteroatoms. The Kier molecular flexibility index (Phi) is 7.50. The highest BCUT2D eigenvalue weighted by atomic mass is 16.5. The highest BCUT2D eigenvalue weighted by Crippen LogP contribution is 2.33. The van der Waals surface area contributed by atoms with Gasteiger partial charge in [-0.15, -0.1) is 0 Å². The lowest BCUT2D eigenvalue weighted by Crippen LogP contribution is -2.43. The number of hydrogen-bond donors (Lipinski definition) is 2. The third-order valence-electron chi connectivity index (χ3n) is 5.28. The van der Waals surface area contributed by atoms with Gasteiger partial charge in [0.05, 0.1) is 32.1 Å². The Bertz CT molecular complexity index is 801. The van der Waals surface area contributed by atoms with Crippen molar-refractivity contribution < 1.29 is 18.6 Å². The van der Waals surface area contributed by atoms with Gasteiger partial charge in [0.15, 0.2) is 17.5 Å². The SMILES string of the molecule is c1coc(CCNC(=NCc2cccc3c2OCCCO3)NCC2CCCCO2)c1. The van der Waals surface area contributed by atoms with E-state index in [2.05, 4.69) is 10.6 Å². The molecule has 1 aromatic heterocycles. The highest BCUT2D eigenvalue weighted by molar-refractivity contribution is 5.79. The van der Waals surface area contributed by atoms with Crippen molar-refractivity contribution in [3.63, 3.8) is 0 Å². The lowest BCUT2D eigenvalue weighted by atomic mass is 10.1. The van der Waals surface area contributed by atoms with Crippen LogP contribution in [0.4, 0.5) is 0 Å². The Balaban J connectivity index is 1.40. The highest BCUT2D eigenvalue weighted by Gasteiger charge is 2.16. The Morgan fingerprint density at radius 2 is 1.97 bits per heavy atom. The first kappa shape index (κ1) is 20.6. The molecule has 1 saturated heterocycles. The van der Waals surface area contributed by atoms with Crippen LogP contribution in [0, 0.1) is 0 Å². The van der Waals surface area contributed by atoms with E-state index in [1.807, 2.05) is 30.3 Å². The van der Waals surface area contributed by atoms with Gasteiger partial charge in [-0.05, 0) is 37.5 Å². The summed E-state index contributed by atoms with van der Waals surface area (Å²) in [6, 6.07) is 9.88. The van der Waals surface area contributed by atoms with Gasteiger partial charge in [-0.25, -0.2) is 4.99 Å². The van der Waals surface area contributed by atoms with Gasteiger partial charge < -0.3 is 29.3 Å². The molecule has 4 rings (SSSR count). The second-order valence-electron chi connectivity index (χ2n) is 7.59. The van der Waals surface area contributed by atoms with E-state index in [1.54, 1.807) is 6.26 Å². The van der Waals surface area contributed by atoms with Crippen molar-refractivity contribution in [2.24, 2.45) is 4.99 Å². The lowest BCUT2D eigenvalue weighted by molar-refractivity contribution is 0.0194. The van der Waals surface area contributed by atoms with Crippen LogP contribution < -0.4 is 20.1 Å². The van der Waals surface area contributed by atoms with Crippen molar-refractivity contribution in [3.05, 3.63) is 47.9 Å². The van der Waals surface area contributed by atoms with Crippen molar-refractivity contribution in [1.29, 1.82) is 0 Å². The van der Waals surface area contributed by atoms with Crippen LogP contribution in [-0.4, -0.2) is 45.0 Å². The molecule has 2 aliphatic heterocycles. The van der Waals surface area contributed by atoms with Crippen molar-refractivity contribution >= 4 is 5.96 Å². The first-order valence-corrected chi connectivity index (χ1v) is 10.9. The van der Waals surface area contributed by atoms with Crippen molar-refractivity contribution in [2.45, 2.75) is 44.8 Å². The van der Waals surface area contributed by atoms with Crippen molar-refractivity contribution in [3.8, 4) is 11.5 Å². The predicted molar refractivity (Wildman–Crippen MR) is 115 cm³/mol. The van der Waals surface area contributed by atoms with Gasteiger partial charge in [-0.2, -0.15) is 0 Å². The second kappa shape index (κ2) is 10.9. The smallest absolute Gasteiger partial charge is 0.191 e. The summed E-state index contributed by atoms with van der Waals surface area (Å²) in [5, 5.41) is 6.85. The Morgan fingerprint density at radius 1 is 1.00 bits per heavy atom. The van der Waals surface area contributed by atoms with Gasteiger partial charge in [0.2, 0.25) is 0 Å². The molecule has 0 aliphatic carbocycles. The fourth-order valence-corrected chi connectivity index (χ4v) is 3.65. The van der Waals surface area contributed by atoms with Gasteiger partial charge in [-0.1, -0.05) is 12.1 Å². The summed E-state index contributed by atoms with van der Waals surface area (Å²) in [6.45, 7) is 4.18. The fourth-order valence-electron chi connectivity index (χ4n) is 3.65. The first-order chi connectivity index (χ1) is 14.9. The minimum Gasteiger partial charge on any atom is -0.490 e. The number of rotatable bonds is 7. The summed E-state index contributed by atoms with van der Waals surface area (Å²) in [5.74, 6) is 3.33. The molecule has 2 aromatic rings. The van der Waals surface area contributed by atoms with Crippen molar-refractivity contribution in [2.75, 3.05) is 32.9 Å². The standard InChI is InChI=1S/C23H31N3O4/c1-2-12-28-20(7-1)17-26-23(24-11-10-19-8-4-13-27-19)25-16-18-6-3-9-21-22(18)30-15-5-14-29-21/h3-4,6,8-9,13,20H,1-2,5,7,10-12,14-17H2,(H2,24,25,26). The normalized spacial score (nSPS) is 19.2. The van der Waals surface area contributed by atoms with E-state index in [-0.39, 0.29) is 6.10 Å². The van der Waals surface area contributed by atoms with Gasteiger partial charge in [0, 0.05) is 38.1 Å². The molecule has 0 bridgehead atoms. The monoisotopic (exact) mass is 413 g/mol. The van der Waals surface area contributed by atoms with Gasteiger partial charge in [0.1, 0.15) is 5.76 Å². The number of ether oxygens (including phenoxy) is 3. The Labute approximate surface area is 177 Å².